The summed E-state index contributed by atoms with van der Waals surface area (Å²) in [6, 6.07) is 1.75. The van der Waals surface area contributed by atoms with Gasteiger partial charge in [-0.2, -0.15) is 0 Å². The highest BCUT2D eigenvalue weighted by Crippen LogP contribution is 2.24. The van der Waals surface area contributed by atoms with Gasteiger partial charge < -0.3 is 9.80 Å². The van der Waals surface area contributed by atoms with Gasteiger partial charge in [-0.15, -0.1) is 0 Å². The first-order valence-corrected chi connectivity index (χ1v) is 6.69. The third-order valence-corrected chi connectivity index (χ3v) is 3.76. The maximum atomic E-state index is 12.5. The molecule has 5 nitrogen and oxygen atoms in total. The fraction of sp³-hybridized carbons (Fsp3) is 0.615. The Labute approximate surface area is 107 Å². The number of rotatable bonds is 2. The largest absolute Gasteiger partial charge is 0.341 e. The molecule has 1 amide bonds. The zero-order chi connectivity index (χ0) is 12.4. The summed E-state index contributed by atoms with van der Waals surface area (Å²) in [6.07, 6.45) is 7.72. The van der Waals surface area contributed by atoms with Crippen molar-refractivity contribution in [2.45, 2.75) is 31.7 Å². The van der Waals surface area contributed by atoms with E-state index in [1.54, 1.807) is 18.5 Å². The van der Waals surface area contributed by atoms with E-state index in [4.69, 9.17) is 0 Å². The molecule has 1 aromatic heterocycles. The van der Waals surface area contributed by atoms with Crippen LogP contribution in [0.4, 0.5) is 5.95 Å². The second kappa shape index (κ2) is 4.92. The Balaban J connectivity index is 1.77. The van der Waals surface area contributed by atoms with E-state index in [1.807, 2.05) is 4.90 Å². The molecule has 18 heavy (non-hydrogen) atoms. The van der Waals surface area contributed by atoms with Gasteiger partial charge in [0.1, 0.15) is 6.04 Å². The van der Waals surface area contributed by atoms with Gasteiger partial charge in [0.25, 0.3) is 0 Å². The molecule has 1 atom stereocenters. The SMILES string of the molecule is O=C(C1CCCN1c1ncccn1)N1CCCC1. The van der Waals surface area contributed by atoms with E-state index in [1.165, 1.54) is 0 Å². The van der Waals surface area contributed by atoms with Gasteiger partial charge in [-0.3, -0.25) is 4.79 Å². The van der Waals surface area contributed by atoms with E-state index in [9.17, 15) is 4.79 Å². The minimum absolute atomic E-state index is 0.0505. The molecule has 2 aliphatic rings. The number of anilines is 1. The lowest BCUT2D eigenvalue weighted by Crippen LogP contribution is -2.45. The summed E-state index contributed by atoms with van der Waals surface area (Å²) >= 11 is 0. The molecule has 0 radical (unpaired) electrons. The summed E-state index contributed by atoms with van der Waals surface area (Å²) in [4.78, 5) is 25.0. The molecular formula is C13H18N4O. The highest BCUT2D eigenvalue weighted by molar-refractivity contribution is 5.85. The molecule has 1 aromatic rings. The van der Waals surface area contributed by atoms with Crippen LogP contribution < -0.4 is 4.90 Å². The number of amides is 1. The lowest BCUT2D eigenvalue weighted by atomic mass is 10.2. The number of aromatic nitrogens is 2. The quantitative estimate of drug-likeness (QED) is 0.783. The molecule has 0 saturated carbocycles. The smallest absolute Gasteiger partial charge is 0.245 e. The van der Waals surface area contributed by atoms with Gasteiger partial charge in [-0.25, -0.2) is 9.97 Å². The number of nitrogens with zero attached hydrogens (tertiary/aromatic N) is 4. The van der Waals surface area contributed by atoms with E-state index in [-0.39, 0.29) is 11.9 Å². The normalized spacial score (nSPS) is 23.7. The molecule has 3 heterocycles. The van der Waals surface area contributed by atoms with Crippen molar-refractivity contribution in [3.63, 3.8) is 0 Å². The topological polar surface area (TPSA) is 49.3 Å². The molecule has 5 heteroatoms. The van der Waals surface area contributed by atoms with Crippen LogP contribution in [-0.2, 0) is 4.79 Å². The highest BCUT2D eigenvalue weighted by atomic mass is 16.2. The van der Waals surface area contributed by atoms with Gasteiger partial charge in [-0.05, 0) is 31.7 Å². The van der Waals surface area contributed by atoms with Crippen molar-refractivity contribution in [2.24, 2.45) is 0 Å². The van der Waals surface area contributed by atoms with Crippen LogP contribution >= 0.6 is 0 Å². The van der Waals surface area contributed by atoms with Crippen molar-refractivity contribution in [3.8, 4) is 0 Å². The van der Waals surface area contributed by atoms with Crippen molar-refractivity contribution in [1.82, 2.24) is 14.9 Å². The van der Waals surface area contributed by atoms with Crippen LogP contribution in [0.2, 0.25) is 0 Å². The summed E-state index contributed by atoms with van der Waals surface area (Å²) in [5.41, 5.74) is 0. The summed E-state index contributed by atoms with van der Waals surface area (Å²) in [6.45, 7) is 2.71. The molecule has 0 spiro atoms. The van der Waals surface area contributed by atoms with Crippen LogP contribution in [0.1, 0.15) is 25.7 Å². The Hall–Kier alpha value is -1.65. The fourth-order valence-electron chi connectivity index (χ4n) is 2.85. The Morgan fingerprint density at radius 1 is 1.11 bits per heavy atom. The minimum Gasteiger partial charge on any atom is -0.341 e. The van der Waals surface area contributed by atoms with Crippen LogP contribution in [-0.4, -0.2) is 46.5 Å². The number of hydrogen-bond donors (Lipinski definition) is 0. The third kappa shape index (κ3) is 2.05. The predicted octanol–water partition coefficient (Wildman–Crippen LogP) is 1.07. The molecule has 0 aliphatic carbocycles. The van der Waals surface area contributed by atoms with E-state index >= 15 is 0 Å². The highest BCUT2D eigenvalue weighted by Gasteiger charge is 2.35. The first-order valence-electron chi connectivity index (χ1n) is 6.69. The third-order valence-electron chi connectivity index (χ3n) is 3.76. The summed E-state index contributed by atoms with van der Waals surface area (Å²) < 4.78 is 0. The second-order valence-corrected chi connectivity index (χ2v) is 4.93. The standard InChI is InChI=1S/C13H18N4O/c18-12(16-8-1-2-9-16)11-5-3-10-17(11)13-14-6-4-7-15-13/h4,6-7,11H,1-3,5,8-10H2. The summed E-state index contributed by atoms with van der Waals surface area (Å²) in [5, 5.41) is 0. The molecule has 0 bridgehead atoms. The van der Waals surface area contributed by atoms with Crippen LogP contribution in [0, 0.1) is 0 Å². The average molecular weight is 246 g/mol. The predicted molar refractivity (Wildman–Crippen MR) is 68.2 cm³/mol. The van der Waals surface area contributed by atoms with Crippen LogP contribution in [0.5, 0.6) is 0 Å². The van der Waals surface area contributed by atoms with Gasteiger partial charge in [0.15, 0.2) is 0 Å². The zero-order valence-corrected chi connectivity index (χ0v) is 10.5. The fourth-order valence-corrected chi connectivity index (χ4v) is 2.85. The van der Waals surface area contributed by atoms with Crippen molar-refractivity contribution in [3.05, 3.63) is 18.5 Å². The first-order chi connectivity index (χ1) is 8.86. The molecular weight excluding hydrogens is 228 g/mol. The van der Waals surface area contributed by atoms with Gasteiger partial charge in [0.2, 0.25) is 11.9 Å². The molecule has 0 N–H and O–H groups in total. The number of carbonyl (C=O) groups is 1. The average Bonchev–Trinajstić information content (AvgIpc) is 3.10. The molecule has 0 aromatic carbocycles. The van der Waals surface area contributed by atoms with Crippen molar-refractivity contribution in [2.75, 3.05) is 24.5 Å². The zero-order valence-electron chi connectivity index (χ0n) is 10.5. The second-order valence-electron chi connectivity index (χ2n) is 4.93. The Morgan fingerprint density at radius 2 is 1.83 bits per heavy atom. The van der Waals surface area contributed by atoms with Crippen LogP contribution in [0.15, 0.2) is 18.5 Å². The Bertz CT molecular complexity index is 416. The van der Waals surface area contributed by atoms with Crippen molar-refractivity contribution >= 4 is 11.9 Å². The monoisotopic (exact) mass is 246 g/mol. The molecule has 96 valence electrons. The maximum absolute atomic E-state index is 12.5. The van der Waals surface area contributed by atoms with Crippen molar-refractivity contribution in [1.29, 1.82) is 0 Å². The van der Waals surface area contributed by atoms with E-state index in [0.717, 1.165) is 45.3 Å². The van der Waals surface area contributed by atoms with Crippen molar-refractivity contribution < 1.29 is 4.79 Å². The van der Waals surface area contributed by atoms with Gasteiger partial charge in [0.05, 0.1) is 0 Å². The number of hydrogen-bond acceptors (Lipinski definition) is 4. The summed E-state index contributed by atoms with van der Waals surface area (Å²) in [7, 11) is 0. The number of carbonyl (C=O) groups excluding carboxylic acids is 1. The van der Waals surface area contributed by atoms with Crippen LogP contribution in [0.25, 0.3) is 0 Å². The lowest BCUT2D eigenvalue weighted by Gasteiger charge is -2.27. The molecule has 2 aliphatic heterocycles. The van der Waals surface area contributed by atoms with E-state index in [2.05, 4.69) is 14.9 Å². The number of likely N-dealkylation sites (tertiary alicyclic amines) is 1. The lowest BCUT2D eigenvalue weighted by molar-refractivity contribution is -0.131. The van der Waals surface area contributed by atoms with Gasteiger partial charge in [0, 0.05) is 32.0 Å². The molecule has 1 unspecified atom stereocenters. The minimum atomic E-state index is -0.0505. The Kier molecular flexibility index (Phi) is 3.13. The molecule has 2 fully saturated rings. The first kappa shape index (κ1) is 11.4. The maximum Gasteiger partial charge on any atom is 0.245 e. The Morgan fingerprint density at radius 3 is 2.56 bits per heavy atom. The van der Waals surface area contributed by atoms with Gasteiger partial charge >= 0.3 is 0 Å². The molecule has 2 saturated heterocycles. The van der Waals surface area contributed by atoms with Crippen LogP contribution in [0.3, 0.4) is 0 Å². The van der Waals surface area contributed by atoms with E-state index < -0.39 is 0 Å². The molecule has 3 rings (SSSR count). The summed E-state index contributed by atoms with van der Waals surface area (Å²) in [5.74, 6) is 0.949. The van der Waals surface area contributed by atoms with E-state index in [0.29, 0.717) is 5.95 Å². The van der Waals surface area contributed by atoms with Gasteiger partial charge in [-0.1, -0.05) is 0 Å².